The van der Waals surface area contributed by atoms with Gasteiger partial charge in [-0.15, -0.1) is 0 Å². The zero-order valence-electron chi connectivity index (χ0n) is 11.9. The summed E-state index contributed by atoms with van der Waals surface area (Å²) in [6.45, 7) is 4.01. The highest BCUT2D eigenvalue weighted by Crippen LogP contribution is 2.32. The van der Waals surface area contributed by atoms with Crippen molar-refractivity contribution in [3.63, 3.8) is 0 Å². The number of hydrogen-bond donors (Lipinski definition) is 2. The fraction of sp³-hybridized carbons (Fsp3) is 0.500. The fourth-order valence-corrected chi connectivity index (χ4v) is 2.64. The number of benzene rings is 1. The van der Waals surface area contributed by atoms with Crippen molar-refractivity contribution in [1.82, 2.24) is 5.32 Å². The first-order valence-electron chi connectivity index (χ1n) is 6.99. The summed E-state index contributed by atoms with van der Waals surface area (Å²) >= 11 is 0. The zero-order valence-corrected chi connectivity index (χ0v) is 11.9. The summed E-state index contributed by atoms with van der Waals surface area (Å²) in [5.74, 6) is 0.180. The van der Waals surface area contributed by atoms with Crippen LogP contribution in [-0.4, -0.2) is 16.6 Å². The molecule has 1 saturated carbocycles. The van der Waals surface area contributed by atoms with Crippen LogP contribution in [0.5, 0.6) is 5.75 Å². The highest BCUT2D eigenvalue weighted by Gasteiger charge is 2.36. The van der Waals surface area contributed by atoms with Gasteiger partial charge >= 0.3 is 0 Å². The number of aromatic hydroxyl groups is 1. The summed E-state index contributed by atoms with van der Waals surface area (Å²) in [5.41, 5.74) is 0.324. The minimum absolute atomic E-state index is 0.0419. The Bertz CT molecular complexity index is 552. The molecule has 4 heteroatoms. The summed E-state index contributed by atoms with van der Waals surface area (Å²) in [7, 11) is 0. The minimum atomic E-state index is -0.791. The van der Waals surface area contributed by atoms with Gasteiger partial charge in [0.15, 0.2) is 0 Å². The predicted octanol–water partition coefficient (Wildman–Crippen LogP) is 2.90. The Balaban J connectivity index is 2.16. The number of aryl methyl sites for hydroxylation is 1. The van der Waals surface area contributed by atoms with Crippen molar-refractivity contribution in [2.45, 2.75) is 45.1 Å². The summed E-state index contributed by atoms with van der Waals surface area (Å²) < 4.78 is 0. The van der Waals surface area contributed by atoms with E-state index in [0.29, 0.717) is 18.8 Å². The van der Waals surface area contributed by atoms with Gasteiger partial charge in [0.25, 0.3) is 5.91 Å². The Kier molecular flexibility index (Phi) is 3.99. The van der Waals surface area contributed by atoms with Gasteiger partial charge in [0.1, 0.15) is 11.3 Å². The largest absolute Gasteiger partial charge is 0.507 e. The molecule has 0 heterocycles. The maximum atomic E-state index is 12.3. The number of phenolic OH excluding ortho intramolecular Hbond substituents is 1. The normalized spacial score (nSPS) is 25.8. The van der Waals surface area contributed by atoms with Crippen LogP contribution in [-0.2, 0) is 0 Å². The third-order valence-corrected chi connectivity index (χ3v) is 4.09. The summed E-state index contributed by atoms with van der Waals surface area (Å²) in [6, 6.07) is 7.18. The fourth-order valence-electron chi connectivity index (χ4n) is 2.64. The van der Waals surface area contributed by atoms with Crippen LogP contribution in [0.2, 0.25) is 0 Å². The molecule has 106 valence electrons. The third-order valence-electron chi connectivity index (χ3n) is 4.09. The lowest BCUT2D eigenvalue weighted by atomic mass is 9.78. The standard InChI is InChI=1S/C16H20N2O2/c1-11-5-7-16(10-17,8-6-11)18-15(20)13-4-3-12(2)9-14(13)19/h3-4,9,11,19H,5-8H2,1-2H3,(H,18,20). The number of nitrogens with one attached hydrogen (secondary N) is 1. The molecule has 0 aliphatic heterocycles. The van der Waals surface area contributed by atoms with Crippen LogP contribution in [0.25, 0.3) is 0 Å². The second-order valence-corrected chi connectivity index (χ2v) is 5.85. The molecular weight excluding hydrogens is 252 g/mol. The zero-order chi connectivity index (χ0) is 14.8. The van der Waals surface area contributed by atoms with Crippen molar-refractivity contribution < 1.29 is 9.90 Å². The van der Waals surface area contributed by atoms with E-state index in [-0.39, 0.29) is 17.2 Å². The van der Waals surface area contributed by atoms with Gasteiger partial charge in [0.2, 0.25) is 0 Å². The first-order chi connectivity index (χ1) is 9.46. The molecule has 2 N–H and O–H groups in total. The molecule has 4 nitrogen and oxygen atoms in total. The topological polar surface area (TPSA) is 73.1 Å². The van der Waals surface area contributed by atoms with Gasteiger partial charge in [-0.05, 0) is 56.2 Å². The van der Waals surface area contributed by atoms with Crippen molar-refractivity contribution in [1.29, 1.82) is 5.26 Å². The molecule has 2 rings (SSSR count). The Labute approximate surface area is 119 Å². The number of carbonyl (C=O) groups excluding carboxylic acids is 1. The van der Waals surface area contributed by atoms with Crippen molar-refractivity contribution in [3.05, 3.63) is 29.3 Å². The van der Waals surface area contributed by atoms with E-state index in [9.17, 15) is 15.2 Å². The molecule has 20 heavy (non-hydrogen) atoms. The lowest BCUT2D eigenvalue weighted by Gasteiger charge is -2.34. The van der Waals surface area contributed by atoms with Crippen LogP contribution in [0, 0.1) is 24.2 Å². The van der Waals surface area contributed by atoms with Gasteiger partial charge in [-0.3, -0.25) is 4.79 Å². The van der Waals surface area contributed by atoms with E-state index < -0.39 is 5.54 Å². The van der Waals surface area contributed by atoms with Gasteiger partial charge in [-0.1, -0.05) is 13.0 Å². The smallest absolute Gasteiger partial charge is 0.256 e. The maximum Gasteiger partial charge on any atom is 0.256 e. The molecule has 1 aromatic rings. The Hall–Kier alpha value is -2.02. The van der Waals surface area contributed by atoms with E-state index >= 15 is 0 Å². The van der Waals surface area contributed by atoms with E-state index in [1.165, 1.54) is 0 Å². The molecule has 0 saturated heterocycles. The van der Waals surface area contributed by atoms with Crippen LogP contribution in [0.15, 0.2) is 18.2 Å². The second-order valence-electron chi connectivity index (χ2n) is 5.85. The molecule has 1 amide bonds. The first-order valence-corrected chi connectivity index (χ1v) is 6.99. The number of nitrogens with zero attached hydrogens (tertiary/aromatic N) is 1. The lowest BCUT2D eigenvalue weighted by Crippen LogP contribution is -2.49. The number of carbonyl (C=O) groups is 1. The van der Waals surface area contributed by atoms with E-state index in [0.717, 1.165) is 18.4 Å². The van der Waals surface area contributed by atoms with Crippen LogP contribution >= 0.6 is 0 Å². The molecule has 0 bridgehead atoms. The predicted molar refractivity (Wildman–Crippen MR) is 76.3 cm³/mol. The lowest BCUT2D eigenvalue weighted by molar-refractivity contribution is 0.0891. The number of nitriles is 1. The summed E-state index contributed by atoms with van der Waals surface area (Å²) in [6.07, 6.45) is 3.22. The molecule has 0 spiro atoms. The van der Waals surface area contributed by atoms with Gasteiger partial charge in [-0.25, -0.2) is 0 Å². The van der Waals surface area contributed by atoms with E-state index in [1.807, 2.05) is 6.92 Å². The van der Waals surface area contributed by atoms with Gasteiger partial charge in [-0.2, -0.15) is 5.26 Å². The number of amides is 1. The average Bonchev–Trinajstić information content (AvgIpc) is 2.41. The van der Waals surface area contributed by atoms with Crippen molar-refractivity contribution in [2.24, 2.45) is 5.92 Å². The molecule has 1 fully saturated rings. The molecule has 0 radical (unpaired) electrons. The van der Waals surface area contributed by atoms with E-state index in [1.54, 1.807) is 18.2 Å². The Morgan fingerprint density at radius 2 is 2.10 bits per heavy atom. The van der Waals surface area contributed by atoms with Crippen molar-refractivity contribution >= 4 is 5.91 Å². The Morgan fingerprint density at radius 3 is 2.65 bits per heavy atom. The molecule has 0 atom stereocenters. The highest BCUT2D eigenvalue weighted by atomic mass is 16.3. The molecule has 1 aliphatic rings. The second kappa shape index (κ2) is 5.54. The quantitative estimate of drug-likeness (QED) is 0.869. The summed E-state index contributed by atoms with van der Waals surface area (Å²) in [4.78, 5) is 12.3. The monoisotopic (exact) mass is 272 g/mol. The first kappa shape index (κ1) is 14.4. The van der Waals surface area contributed by atoms with Crippen LogP contribution < -0.4 is 5.32 Å². The molecular formula is C16H20N2O2. The van der Waals surface area contributed by atoms with Crippen LogP contribution in [0.1, 0.15) is 48.5 Å². The third kappa shape index (κ3) is 2.93. The van der Waals surface area contributed by atoms with Crippen LogP contribution in [0.3, 0.4) is 0 Å². The van der Waals surface area contributed by atoms with Gasteiger partial charge in [0.05, 0.1) is 11.6 Å². The summed E-state index contributed by atoms with van der Waals surface area (Å²) in [5, 5.41) is 22.1. The minimum Gasteiger partial charge on any atom is -0.507 e. The average molecular weight is 272 g/mol. The van der Waals surface area contributed by atoms with Crippen molar-refractivity contribution in [3.8, 4) is 11.8 Å². The SMILES string of the molecule is Cc1ccc(C(=O)NC2(C#N)CCC(C)CC2)c(O)c1. The molecule has 1 aromatic carbocycles. The van der Waals surface area contributed by atoms with E-state index in [2.05, 4.69) is 18.3 Å². The van der Waals surface area contributed by atoms with Gasteiger partial charge < -0.3 is 10.4 Å². The van der Waals surface area contributed by atoms with E-state index in [4.69, 9.17) is 0 Å². The highest BCUT2D eigenvalue weighted by molar-refractivity contribution is 5.97. The number of hydrogen-bond acceptors (Lipinski definition) is 3. The molecule has 0 aromatic heterocycles. The van der Waals surface area contributed by atoms with Crippen LogP contribution in [0.4, 0.5) is 0 Å². The van der Waals surface area contributed by atoms with Crippen molar-refractivity contribution in [2.75, 3.05) is 0 Å². The number of phenols is 1. The van der Waals surface area contributed by atoms with Gasteiger partial charge in [0, 0.05) is 0 Å². The maximum absolute atomic E-state index is 12.3. The number of rotatable bonds is 2. The molecule has 1 aliphatic carbocycles. The Morgan fingerprint density at radius 1 is 1.45 bits per heavy atom. The molecule has 0 unspecified atom stereocenters.